The highest BCUT2D eigenvalue weighted by molar-refractivity contribution is 6.28. The van der Waals surface area contributed by atoms with E-state index in [2.05, 4.69) is 93.7 Å². The molecule has 0 bridgehead atoms. The maximum absolute atomic E-state index is 13.8. The van der Waals surface area contributed by atoms with Crippen molar-refractivity contribution in [3.8, 4) is 11.1 Å². The number of hydrogen-bond donors (Lipinski definition) is 2. The molecule has 3 aromatic rings. The number of amides is 1. The highest BCUT2D eigenvalue weighted by Gasteiger charge is 2.24. The highest BCUT2D eigenvalue weighted by atomic mass is 16.1. The smallest absolute Gasteiger partial charge is 0.256 e. The van der Waals surface area contributed by atoms with Crippen molar-refractivity contribution in [2.45, 2.75) is 26.4 Å². The molecule has 204 valence electrons. The lowest BCUT2D eigenvalue weighted by Crippen LogP contribution is -2.43. The number of rotatable bonds is 8. The topological polar surface area (TPSA) is 76.6 Å². The number of nitrogens with one attached hydrogen (secondary N) is 2. The van der Waals surface area contributed by atoms with Crippen LogP contribution in [0.4, 0.5) is 11.4 Å². The number of anilines is 2. The number of piperazine rings is 1. The molecular formula is C31H39N7O. The van der Waals surface area contributed by atoms with Crippen LogP contribution in [-0.4, -0.2) is 84.4 Å². The predicted octanol–water partition coefficient (Wildman–Crippen LogP) is 4.18. The third kappa shape index (κ3) is 6.53. The number of nitrogens with zero attached hydrogens (tertiary/aromatic N) is 5. The summed E-state index contributed by atoms with van der Waals surface area (Å²) in [6.45, 7) is 8.65. The first-order valence-electron chi connectivity index (χ1n) is 13.7. The van der Waals surface area contributed by atoms with Crippen LogP contribution in [0.5, 0.6) is 0 Å². The van der Waals surface area contributed by atoms with Crippen molar-refractivity contribution in [1.82, 2.24) is 24.7 Å². The first-order chi connectivity index (χ1) is 18.9. The molecule has 0 radical (unpaired) electrons. The standard InChI is InChI=1S/C31H39N7O/c1-5-24-18-34-29-7-6-25(26-12-22(15-32-17-26)20-36(2)3)14-28(29)30(24)31(39)35-27-13-23(16-33-19-27)21-38-10-8-37(4)9-11-38/h6-7,12-17,19,34H,5,8-11,18,20-21H2,1-4H3,(H,35,39). The van der Waals surface area contributed by atoms with Crippen molar-refractivity contribution >= 4 is 22.9 Å². The van der Waals surface area contributed by atoms with E-state index in [-0.39, 0.29) is 5.91 Å². The lowest BCUT2D eigenvalue weighted by atomic mass is 9.90. The van der Waals surface area contributed by atoms with E-state index in [4.69, 9.17) is 0 Å². The zero-order valence-electron chi connectivity index (χ0n) is 23.5. The van der Waals surface area contributed by atoms with E-state index in [9.17, 15) is 4.79 Å². The van der Waals surface area contributed by atoms with Crippen LogP contribution in [0.25, 0.3) is 16.7 Å². The fraction of sp³-hybridized carbons (Fsp3) is 0.387. The normalized spacial score (nSPS) is 16.2. The van der Waals surface area contributed by atoms with Gasteiger partial charge in [-0.15, -0.1) is 0 Å². The zero-order chi connectivity index (χ0) is 27.4. The molecule has 1 fully saturated rings. The Hall–Kier alpha value is -3.59. The van der Waals surface area contributed by atoms with Gasteiger partial charge in [-0.25, -0.2) is 0 Å². The van der Waals surface area contributed by atoms with Gasteiger partial charge in [-0.05, 0) is 74.1 Å². The van der Waals surface area contributed by atoms with Crippen LogP contribution in [0, 0.1) is 0 Å². The molecule has 0 unspecified atom stereocenters. The summed E-state index contributed by atoms with van der Waals surface area (Å²) < 4.78 is 0. The second kappa shape index (κ2) is 12.1. The van der Waals surface area contributed by atoms with E-state index >= 15 is 0 Å². The minimum atomic E-state index is -0.0928. The summed E-state index contributed by atoms with van der Waals surface area (Å²) in [5.74, 6) is -0.0928. The number of aromatic nitrogens is 2. The first-order valence-corrected chi connectivity index (χ1v) is 13.7. The Bertz CT molecular complexity index is 1360. The average Bonchev–Trinajstić information content (AvgIpc) is 2.93. The number of likely N-dealkylation sites (N-methyl/N-ethyl adjacent to an activating group) is 1. The summed E-state index contributed by atoms with van der Waals surface area (Å²) in [6.07, 6.45) is 8.22. The molecule has 4 heterocycles. The molecule has 8 heteroatoms. The third-order valence-corrected chi connectivity index (χ3v) is 7.47. The van der Waals surface area contributed by atoms with E-state index in [0.717, 1.165) is 96.0 Å². The molecule has 2 N–H and O–H groups in total. The lowest BCUT2D eigenvalue weighted by molar-refractivity contribution is -0.111. The van der Waals surface area contributed by atoms with Gasteiger partial charge in [-0.3, -0.25) is 19.7 Å². The molecule has 2 aliphatic heterocycles. The summed E-state index contributed by atoms with van der Waals surface area (Å²) in [5.41, 5.74) is 8.82. The van der Waals surface area contributed by atoms with Crippen LogP contribution in [0.3, 0.4) is 0 Å². The lowest BCUT2D eigenvalue weighted by Gasteiger charge is -2.32. The number of benzene rings is 1. The fourth-order valence-electron chi connectivity index (χ4n) is 5.35. The summed E-state index contributed by atoms with van der Waals surface area (Å²) in [6, 6.07) is 10.5. The number of carbonyl (C=O) groups excluding carboxylic acids is 1. The number of hydrogen-bond acceptors (Lipinski definition) is 7. The Balaban J connectivity index is 1.39. The van der Waals surface area contributed by atoms with Gasteiger partial charge in [0.05, 0.1) is 11.9 Å². The molecule has 0 spiro atoms. The maximum Gasteiger partial charge on any atom is 0.256 e. The van der Waals surface area contributed by atoms with Crippen LogP contribution in [0.1, 0.15) is 30.0 Å². The number of carbonyl (C=O) groups is 1. The molecule has 0 aliphatic carbocycles. The third-order valence-electron chi connectivity index (χ3n) is 7.47. The minimum Gasteiger partial charge on any atom is -0.381 e. The van der Waals surface area contributed by atoms with Gasteiger partial charge in [0, 0.05) is 86.8 Å². The summed E-state index contributed by atoms with van der Waals surface area (Å²) in [4.78, 5) is 29.6. The molecule has 1 aromatic carbocycles. The second-order valence-electron chi connectivity index (χ2n) is 10.9. The van der Waals surface area contributed by atoms with E-state index in [1.807, 2.05) is 18.6 Å². The summed E-state index contributed by atoms with van der Waals surface area (Å²) in [7, 11) is 6.27. The highest BCUT2D eigenvalue weighted by Crippen LogP contribution is 2.36. The molecule has 0 atom stereocenters. The Morgan fingerprint density at radius 3 is 2.51 bits per heavy atom. The quantitative estimate of drug-likeness (QED) is 0.457. The second-order valence-corrected chi connectivity index (χ2v) is 10.9. The monoisotopic (exact) mass is 525 g/mol. The summed E-state index contributed by atoms with van der Waals surface area (Å²) in [5, 5.41) is 6.66. The molecule has 2 aromatic heterocycles. The minimum absolute atomic E-state index is 0.0928. The van der Waals surface area contributed by atoms with E-state index in [1.165, 1.54) is 0 Å². The Morgan fingerprint density at radius 2 is 1.74 bits per heavy atom. The average molecular weight is 526 g/mol. The van der Waals surface area contributed by atoms with Gasteiger partial charge in [0.1, 0.15) is 0 Å². The van der Waals surface area contributed by atoms with E-state index < -0.39 is 0 Å². The van der Waals surface area contributed by atoms with Crippen LogP contribution in [-0.2, 0) is 17.9 Å². The largest absolute Gasteiger partial charge is 0.381 e. The number of fused-ring (bicyclic) bond motifs is 1. The Kier molecular flexibility index (Phi) is 8.35. The first kappa shape index (κ1) is 27.0. The van der Waals surface area contributed by atoms with Gasteiger partial charge in [-0.2, -0.15) is 0 Å². The van der Waals surface area contributed by atoms with Crippen molar-refractivity contribution in [1.29, 1.82) is 0 Å². The van der Waals surface area contributed by atoms with E-state index in [0.29, 0.717) is 6.54 Å². The van der Waals surface area contributed by atoms with Gasteiger partial charge >= 0.3 is 0 Å². The van der Waals surface area contributed by atoms with Gasteiger partial charge in [0.2, 0.25) is 0 Å². The number of pyridine rings is 2. The molecule has 8 nitrogen and oxygen atoms in total. The van der Waals surface area contributed by atoms with Crippen LogP contribution < -0.4 is 10.6 Å². The molecule has 0 saturated carbocycles. The van der Waals surface area contributed by atoms with Gasteiger partial charge in [-0.1, -0.05) is 13.0 Å². The SMILES string of the molecule is CCC1=C(C(=O)Nc2cncc(CN3CCN(C)CC3)c2)c2cc(-c3cncc(CN(C)C)c3)ccc2NC1. The molecule has 5 rings (SSSR count). The van der Waals surface area contributed by atoms with Gasteiger partial charge < -0.3 is 20.4 Å². The molecule has 39 heavy (non-hydrogen) atoms. The maximum atomic E-state index is 13.8. The van der Waals surface area contributed by atoms with Gasteiger partial charge in [0.25, 0.3) is 5.91 Å². The van der Waals surface area contributed by atoms with Crippen molar-refractivity contribution in [3.05, 3.63) is 77.4 Å². The van der Waals surface area contributed by atoms with Gasteiger partial charge in [0.15, 0.2) is 0 Å². The van der Waals surface area contributed by atoms with Crippen LogP contribution in [0.2, 0.25) is 0 Å². The molecule has 1 saturated heterocycles. The predicted molar refractivity (Wildman–Crippen MR) is 158 cm³/mol. The summed E-state index contributed by atoms with van der Waals surface area (Å²) >= 11 is 0. The van der Waals surface area contributed by atoms with Crippen molar-refractivity contribution in [3.63, 3.8) is 0 Å². The Labute approximate surface area is 231 Å². The van der Waals surface area contributed by atoms with Crippen molar-refractivity contribution in [2.24, 2.45) is 0 Å². The van der Waals surface area contributed by atoms with Crippen molar-refractivity contribution in [2.75, 3.05) is 64.5 Å². The van der Waals surface area contributed by atoms with Crippen LogP contribution in [0.15, 0.2) is 60.7 Å². The fourth-order valence-corrected chi connectivity index (χ4v) is 5.35. The van der Waals surface area contributed by atoms with E-state index in [1.54, 1.807) is 6.20 Å². The van der Waals surface area contributed by atoms with Crippen LogP contribution >= 0.6 is 0 Å². The molecule has 2 aliphatic rings. The van der Waals surface area contributed by atoms with Crippen molar-refractivity contribution < 1.29 is 4.79 Å². The molecule has 1 amide bonds. The molecular weight excluding hydrogens is 486 g/mol. The zero-order valence-corrected chi connectivity index (χ0v) is 23.5. The Morgan fingerprint density at radius 1 is 0.974 bits per heavy atom.